The van der Waals surface area contributed by atoms with E-state index in [0.717, 1.165) is 35.1 Å². The van der Waals surface area contributed by atoms with Gasteiger partial charge >= 0.3 is 0 Å². The van der Waals surface area contributed by atoms with Crippen LogP contribution in [0.4, 0.5) is 0 Å². The molecule has 1 aliphatic rings. The smallest absolute Gasteiger partial charge is 0.110 e. The SMILES string of the molecule is CC.Cc1cc2n[c-]nc3c2c(n1)CC[C@H](C(C)O)O3.[Y]. The molecule has 3 heterocycles. The third-order valence-electron chi connectivity index (χ3n) is 3.20. The average Bonchev–Trinajstić information content (AvgIpc) is 2.62. The normalized spacial score (nSPS) is 17.7. The topological polar surface area (TPSA) is 68.1 Å². The molecule has 0 bridgehead atoms. The van der Waals surface area contributed by atoms with E-state index in [2.05, 4.69) is 21.3 Å². The molecule has 0 aliphatic carbocycles. The van der Waals surface area contributed by atoms with Gasteiger partial charge in [-0.3, -0.25) is 4.98 Å². The largest absolute Gasteiger partial charge is 0.528 e. The monoisotopic (exact) mass is 363 g/mol. The Morgan fingerprint density at radius 2 is 2.10 bits per heavy atom. The summed E-state index contributed by atoms with van der Waals surface area (Å²) in [5.74, 6) is 0.478. The third kappa shape index (κ3) is 3.96. The molecule has 2 aromatic heterocycles. The van der Waals surface area contributed by atoms with Gasteiger partial charge in [-0.2, -0.15) is 0 Å². The first-order chi connectivity index (χ1) is 9.65. The molecule has 21 heavy (non-hydrogen) atoms. The summed E-state index contributed by atoms with van der Waals surface area (Å²) in [6.07, 6.45) is 3.28. The Morgan fingerprint density at radius 3 is 2.76 bits per heavy atom. The molecule has 1 aliphatic heterocycles. The first-order valence-corrected chi connectivity index (χ1v) is 7.04. The number of aromatic nitrogens is 3. The Hall–Kier alpha value is -0.646. The Morgan fingerprint density at radius 1 is 1.38 bits per heavy atom. The zero-order chi connectivity index (χ0) is 14.7. The maximum absolute atomic E-state index is 9.69. The Balaban J connectivity index is 0.000000706. The van der Waals surface area contributed by atoms with Gasteiger partial charge in [-0.1, -0.05) is 19.9 Å². The van der Waals surface area contributed by atoms with E-state index in [-0.39, 0.29) is 38.8 Å². The molecule has 2 aromatic rings. The number of ether oxygens (including phenoxy) is 1. The second kappa shape index (κ2) is 8.11. The molecule has 2 atom stereocenters. The summed E-state index contributed by atoms with van der Waals surface area (Å²) < 4.78 is 5.76. The van der Waals surface area contributed by atoms with Gasteiger partial charge in [0.1, 0.15) is 12.0 Å². The molecule has 5 nitrogen and oxygen atoms in total. The standard InChI is InChI=1S/C13H14N3O2.C2H6.Y/c1-7-5-10-12-9(16-7)3-4-11(8(2)17)18-13(12)15-6-14-10;1-2;/h5,8,11,17H,3-4H2,1-2H3;1-2H3;/q-1;;/t8?,11-;;/m1../s1. The maximum atomic E-state index is 9.69. The minimum atomic E-state index is -0.537. The Kier molecular flexibility index (Phi) is 7.11. The zero-order valence-electron chi connectivity index (χ0n) is 12.9. The van der Waals surface area contributed by atoms with Crippen molar-refractivity contribution in [2.45, 2.75) is 52.7 Å². The van der Waals surface area contributed by atoms with Crippen LogP contribution in [0.5, 0.6) is 5.88 Å². The van der Waals surface area contributed by atoms with Gasteiger partial charge < -0.3 is 19.8 Å². The predicted octanol–water partition coefficient (Wildman–Crippen LogP) is 2.23. The number of pyridine rings is 1. The van der Waals surface area contributed by atoms with Crippen LogP contribution in [-0.2, 0) is 39.1 Å². The van der Waals surface area contributed by atoms with Gasteiger partial charge in [0.05, 0.1) is 6.10 Å². The van der Waals surface area contributed by atoms with Crippen molar-refractivity contribution in [1.82, 2.24) is 15.0 Å². The molecule has 0 spiro atoms. The number of nitrogens with zero attached hydrogens (tertiary/aromatic N) is 3. The quantitative estimate of drug-likeness (QED) is 0.787. The van der Waals surface area contributed by atoms with Crippen LogP contribution in [0.1, 0.15) is 38.6 Å². The van der Waals surface area contributed by atoms with E-state index >= 15 is 0 Å². The van der Waals surface area contributed by atoms with Crippen molar-refractivity contribution in [1.29, 1.82) is 0 Å². The minimum Gasteiger partial charge on any atom is -0.528 e. The summed E-state index contributed by atoms with van der Waals surface area (Å²) in [5.41, 5.74) is 2.66. The summed E-state index contributed by atoms with van der Waals surface area (Å²) in [4.78, 5) is 12.7. The fraction of sp³-hybridized carbons (Fsp3) is 0.533. The number of hydrogen-bond donors (Lipinski definition) is 1. The number of rotatable bonds is 1. The Bertz CT molecular complexity index is 605. The molecule has 0 saturated heterocycles. The third-order valence-corrected chi connectivity index (χ3v) is 3.20. The van der Waals surface area contributed by atoms with Crippen molar-refractivity contribution < 1.29 is 42.6 Å². The molecule has 6 heteroatoms. The molecule has 0 aromatic carbocycles. The molecule has 1 N–H and O–H groups in total. The minimum absolute atomic E-state index is 0. The molecule has 111 valence electrons. The van der Waals surface area contributed by atoms with Crippen LogP contribution >= 0.6 is 0 Å². The Labute approximate surface area is 150 Å². The van der Waals surface area contributed by atoms with Crippen molar-refractivity contribution in [2.75, 3.05) is 0 Å². The van der Waals surface area contributed by atoms with E-state index in [9.17, 15) is 5.11 Å². The summed E-state index contributed by atoms with van der Waals surface area (Å²) in [5, 5.41) is 10.5. The summed E-state index contributed by atoms with van der Waals surface area (Å²) in [6.45, 7) is 7.66. The van der Waals surface area contributed by atoms with Gasteiger partial charge in [0, 0.05) is 50.4 Å². The molecule has 1 unspecified atom stereocenters. The summed E-state index contributed by atoms with van der Waals surface area (Å²) in [7, 11) is 0. The van der Waals surface area contributed by atoms with E-state index in [1.165, 1.54) is 0 Å². The van der Waals surface area contributed by atoms with Crippen LogP contribution in [0, 0.1) is 13.3 Å². The fourth-order valence-corrected chi connectivity index (χ4v) is 2.31. The van der Waals surface area contributed by atoms with E-state index in [1.807, 2.05) is 26.8 Å². The van der Waals surface area contributed by atoms with Crippen LogP contribution in [-0.4, -0.2) is 32.3 Å². The molecule has 3 rings (SSSR count). The van der Waals surface area contributed by atoms with Crippen LogP contribution in [0.15, 0.2) is 6.07 Å². The number of aliphatic hydroxyl groups excluding tert-OH is 1. The maximum Gasteiger partial charge on any atom is 0.110 e. The molecule has 0 saturated carbocycles. The van der Waals surface area contributed by atoms with Gasteiger partial charge in [-0.15, -0.1) is 0 Å². The molecule has 0 fully saturated rings. The fourth-order valence-electron chi connectivity index (χ4n) is 2.31. The van der Waals surface area contributed by atoms with Crippen molar-refractivity contribution in [3.05, 3.63) is 23.8 Å². The van der Waals surface area contributed by atoms with E-state index in [4.69, 9.17) is 4.74 Å². The molecule has 1 radical (unpaired) electrons. The van der Waals surface area contributed by atoms with E-state index in [1.54, 1.807) is 6.92 Å². The average molecular weight is 363 g/mol. The van der Waals surface area contributed by atoms with Crippen molar-refractivity contribution >= 4 is 10.9 Å². The van der Waals surface area contributed by atoms with Crippen molar-refractivity contribution in [3.8, 4) is 5.88 Å². The van der Waals surface area contributed by atoms with Gasteiger partial charge in [-0.25, -0.2) is 0 Å². The summed E-state index contributed by atoms with van der Waals surface area (Å²) >= 11 is 0. The van der Waals surface area contributed by atoms with Crippen LogP contribution < -0.4 is 4.74 Å². The van der Waals surface area contributed by atoms with Crippen molar-refractivity contribution in [3.63, 3.8) is 0 Å². The molecular formula is C15H20N3O2Y-. The summed E-state index contributed by atoms with van der Waals surface area (Å²) in [6, 6.07) is 1.90. The number of aryl methyl sites for hydroxylation is 2. The van der Waals surface area contributed by atoms with Gasteiger partial charge in [0.2, 0.25) is 0 Å². The second-order valence-electron chi connectivity index (χ2n) is 4.67. The first-order valence-electron chi connectivity index (χ1n) is 7.04. The molecular weight excluding hydrogens is 343 g/mol. The second-order valence-corrected chi connectivity index (χ2v) is 4.67. The van der Waals surface area contributed by atoms with Gasteiger partial charge in [0.15, 0.2) is 0 Å². The van der Waals surface area contributed by atoms with E-state index < -0.39 is 6.10 Å². The van der Waals surface area contributed by atoms with Gasteiger partial charge in [0.25, 0.3) is 0 Å². The molecule has 0 amide bonds. The van der Waals surface area contributed by atoms with Crippen LogP contribution in [0.25, 0.3) is 10.9 Å². The van der Waals surface area contributed by atoms with Crippen LogP contribution in [0.3, 0.4) is 0 Å². The predicted molar refractivity (Wildman–Crippen MR) is 76.7 cm³/mol. The van der Waals surface area contributed by atoms with Gasteiger partial charge in [-0.05, 0) is 37.6 Å². The number of aliphatic hydroxyl groups is 1. The van der Waals surface area contributed by atoms with Crippen molar-refractivity contribution in [2.24, 2.45) is 0 Å². The van der Waals surface area contributed by atoms with Crippen LogP contribution in [0.2, 0.25) is 0 Å². The van der Waals surface area contributed by atoms with E-state index in [0.29, 0.717) is 5.88 Å². The zero-order valence-corrected chi connectivity index (χ0v) is 15.8. The number of hydrogen-bond acceptors (Lipinski definition) is 5. The first kappa shape index (κ1) is 18.4.